The standard InChI is InChI=1S/C18H24N2O3/c1-3-12(2)17(18(22)23)20-16(21)10-6-7-13-11-19-15-9-5-4-8-14(13)15/h4-5,8-9,11-12,17,19H,3,6-7,10H2,1-2H3,(H,20,21)(H,22,23)/p-1/t12-,17+/m1/s1. The minimum absolute atomic E-state index is 0.141. The topological polar surface area (TPSA) is 85.0 Å². The van der Waals surface area contributed by atoms with Crippen LogP contribution in [0.5, 0.6) is 0 Å². The van der Waals surface area contributed by atoms with Crippen LogP contribution in [0.15, 0.2) is 30.5 Å². The van der Waals surface area contributed by atoms with Crippen LogP contribution in [0.3, 0.4) is 0 Å². The van der Waals surface area contributed by atoms with E-state index in [4.69, 9.17) is 0 Å². The molecular weight excluding hydrogens is 292 g/mol. The molecule has 0 fully saturated rings. The predicted molar refractivity (Wildman–Crippen MR) is 87.6 cm³/mol. The summed E-state index contributed by atoms with van der Waals surface area (Å²) in [6.07, 6.45) is 4.39. The third-order valence-electron chi connectivity index (χ3n) is 4.31. The molecule has 0 aliphatic heterocycles. The van der Waals surface area contributed by atoms with Gasteiger partial charge in [0.2, 0.25) is 5.91 Å². The number of aryl methyl sites for hydroxylation is 1. The maximum atomic E-state index is 12.0. The molecule has 0 spiro atoms. The Morgan fingerprint density at radius 3 is 2.74 bits per heavy atom. The third-order valence-corrected chi connectivity index (χ3v) is 4.31. The fourth-order valence-corrected chi connectivity index (χ4v) is 2.69. The van der Waals surface area contributed by atoms with Gasteiger partial charge in [-0.15, -0.1) is 0 Å². The van der Waals surface area contributed by atoms with Gasteiger partial charge in [-0.1, -0.05) is 38.5 Å². The van der Waals surface area contributed by atoms with Gasteiger partial charge < -0.3 is 20.2 Å². The fourth-order valence-electron chi connectivity index (χ4n) is 2.69. The number of amides is 1. The molecule has 5 heteroatoms. The largest absolute Gasteiger partial charge is 0.548 e. The van der Waals surface area contributed by atoms with Gasteiger partial charge in [0.15, 0.2) is 0 Å². The average Bonchev–Trinajstić information content (AvgIpc) is 2.95. The third kappa shape index (κ3) is 4.34. The first-order valence-corrected chi connectivity index (χ1v) is 8.08. The molecule has 2 atom stereocenters. The number of hydrogen-bond acceptors (Lipinski definition) is 3. The number of rotatable bonds is 8. The van der Waals surface area contributed by atoms with E-state index in [1.165, 1.54) is 10.9 Å². The van der Waals surface area contributed by atoms with Crippen molar-refractivity contribution in [2.24, 2.45) is 5.92 Å². The number of para-hydroxylation sites is 1. The molecule has 0 aliphatic carbocycles. The van der Waals surface area contributed by atoms with E-state index in [2.05, 4.69) is 16.4 Å². The Labute approximate surface area is 136 Å². The van der Waals surface area contributed by atoms with Crippen LogP contribution in [0.1, 0.15) is 38.7 Å². The summed E-state index contributed by atoms with van der Waals surface area (Å²) in [6, 6.07) is 7.12. The quantitative estimate of drug-likeness (QED) is 0.778. The highest BCUT2D eigenvalue weighted by Gasteiger charge is 2.19. The van der Waals surface area contributed by atoms with E-state index in [9.17, 15) is 14.7 Å². The number of aliphatic carboxylic acids is 1. The average molecular weight is 315 g/mol. The lowest BCUT2D eigenvalue weighted by Crippen LogP contribution is -2.51. The van der Waals surface area contributed by atoms with Gasteiger partial charge >= 0.3 is 0 Å². The summed E-state index contributed by atoms with van der Waals surface area (Å²) in [6.45, 7) is 3.69. The molecule has 124 valence electrons. The van der Waals surface area contributed by atoms with Crippen LogP contribution in [0.25, 0.3) is 10.9 Å². The summed E-state index contributed by atoms with van der Waals surface area (Å²) < 4.78 is 0. The highest BCUT2D eigenvalue weighted by molar-refractivity contribution is 5.84. The number of carboxylic acid groups (broad SMARTS) is 1. The normalized spacial score (nSPS) is 13.7. The number of carbonyl (C=O) groups is 2. The highest BCUT2D eigenvalue weighted by Crippen LogP contribution is 2.19. The minimum Gasteiger partial charge on any atom is -0.548 e. The SMILES string of the molecule is CC[C@@H](C)[C@H](NC(=O)CCCc1c[nH]c2ccccc12)C(=O)[O-]. The molecule has 5 nitrogen and oxygen atoms in total. The second-order valence-electron chi connectivity index (χ2n) is 5.96. The molecule has 1 amide bonds. The first-order chi connectivity index (χ1) is 11.0. The van der Waals surface area contributed by atoms with E-state index >= 15 is 0 Å². The first kappa shape index (κ1) is 17.1. The van der Waals surface area contributed by atoms with Crippen LogP contribution in [-0.4, -0.2) is 22.9 Å². The molecule has 2 rings (SSSR count). The summed E-state index contributed by atoms with van der Waals surface area (Å²) in [4.78, 5) is 26.3. The molecule has 0 aliphatic rings. The first-order valence-electron chi connectivity index (χ1n) is 8.08. The van der Waals surface area contributed by atoms with Crippen molar-refractivity contribution < 1.29 is 14.7 Å². The Morgan fingerprint density at radius 1 is 1.30 bits per heavy atom. The summed E-state index contributed by atoms with van der Waals surface area (Å²) in [5, 5.41) is 14.9. The second kappa shape index (κ2) is 7.81. The Hall–Kier alpha value is -2.30. The van der Waals surface area contributed by atoms with Gasteiger partial charge in [-0.3, -0.25) is 4.79 Å². The zero-order valence-electron chi connectivity index (χ0n) is 13.6. The van der Waals surface area contributed by atoms with Gasteiger partial charge in [-0.2, -0.15) is 0 Å². The summed E-state index contributed by atoms with van der Waals surface area (Å²) in [5.41, 5.74) is 2.26. The van der Waals surface area contributed by atoms with Gasteiger partial charge in [0.1, 0.15) is 0 Å². The van der Waals surface area contributed by atoms with E-state index < -0.39 is 12.0 Å². The molecule has 0 radical (unpaired) electrons. The van der Waals surface area contributed by atoms with Crippen LogP contribution in [-0.2, 0) is 16.0 Å². The Morgan fingerprint density at radius 2 is 2.04 bits per heavy atom. The molecule has 1 aromatic carbocycles. The molecule has 2 N–H and O–H groups in total. The van der Waals surface area contributed by atoms with E-state index in [0.717, 1.165) is 11.9 Å². The summed E-state index contributed by atoms with van der Waals surface area (Å²) in [7, 11) is 0. The van der Waals surface area contributed by atoms with Crippen LogP contribution >= 0.6 is 0 Å². The molecule has 0 saturated heterocycles. The minimum atomic E-state index is -1.22. The highest BCUT2D eigenvalue weighted by atomic mass is 16.4. The molecule has 0 unspecified atom stereocenters. The van der Waals surface area contributed by atoms with Crippen LogP contribution < -0.4 is 10.4 Å². The lowest BCUT2D eigenvalue weighted by molar-refractivity contribution is -0.309. The fraction of sp³-hybridized carbons (Fsp3) is 0.444. The number of fused-ring (bicyclic) bond motifs is 1. The number of carboxylic acids is 1. The molecule has 0 bridgehead atoms. The van der Waals surface area contributed by atoms with Crippen molar-refractivity contribution in [2.75, 3.05) is 0 Å². The number of aromatic nitrogens is 1. The number of nitrogens with one attached hydrogen (secondary N) is 2. The van der Waals surface area contributed by atoms with Crippen molar-refractivity contribution in [2.45, 2.75) is 45.6 Å². The maximum Gasteiger partial charge on any atom is 0.220 e. The smallest absolute Gasteiger partial charge is 0.220 e. The number of carbonyl (C=O) groups excluding carboxylic acids is 2. The van der Waals surface area contributed by atoms with Crippen LogP contribution in [0.4, 0.5) is 0 Å². The van der Waals surface area contributed by atoms with Crippen molar-refractivity contribution in [3.63, 3.8) is 0 Å². The monoisotopic (exact) mass is 315 g/mol. The van der Waals surface area contributed by atoms with Crippen molar-refractivity contribution in [1.82, 2.24) is 10.3 Å². The summed E-state index contributed by atoms with van der Waals surface area (Å²) >= 11 is 0. The van der Waals surface area contributed by atoms with Gasteiger partial charge in [0, 0.05) is 23.5 Å². The maximum absolute atomic E-state index is 12.0. The van der Waals surface area contributed by atoms with E-state index in [1.807, 2.05) is 31.3 Å². The van der Waals surface area contributed by atoms with Crippen LogP contribution in [0, 0.1) is 5.92 Å². The Balaban J connectivity index is 1.86. The van der Waals surface area contributed by atoms with Gasteiger partial charge in [0.25, 0.3) is 0 Å². The molecule has 23 heavy (non-hydrogen) atoms. The number of hydrogen-bond donors (Lipinski definition) is 2. The molecule has 0 saturated carbocycles. The van der Waals surface area contributed by atoms with Crippen molar-refractivity contribution in [3.05, 3.63) is 36.0 Å². The molecule has 1 aromatic heterocycles. The van der Waals surface area contributed by atoms with Gasteiger partial charge in [-0.05, 0) is 30.4 Å². The van der Waals surface area contributed by atoms with Crippen LogP contribution in [0.2, 0.25) is 0 Å². The van der Waals surface area contributed by atoms with E-state index in [1.54, 1.807) is 6.92 Å². The number of benzene rings is 1. The second-order valence-corrected chi connectivity index (χ2v) is 5.96. The van der Waals surface area contributed by atoms with Gasteiger partial charge in [-0.25, -0.2) is 0 Å². The number of H-pyrrole nitrogens is 1. The molecule has 1 heterocycles. The zero-order valence-corrected chi connectivity index (χ0v) is 13.6. The Kier molecular flexibility index (Phi) is 5.79. The number of aromatic amines is 1. The summed E-state index contributed by atoms with van der Waals surface area (Å²) in [5.74, 6) is -1.60. The lowest BCUT2D eigenvalue weighted by Gasteiger charge is -2.25. The van der Waals surface area contributed by atoms with Crippen molar-refractivity contribution in [3.8, 4) is 0 Å². The zero-order chi connectivity index (χ0) is 16.8. The van der Waals surface area contributed by atoms with Crippen molar-refractivity contribution >= 4 is 22.8 Å². The molecular formula is C18H23N2O3-. The van der Waals surface area contributed by atoms with E-state index in [-0.39, 0.29) is 11.8 Å². The molecule has 2 aromatic rings. The Bertz CT molecular complexity index is 678. The van der Waals surface area contributed by atoms with Gasteiger partial charge in [0.05, 0.1) is 12.0 Å². The van der Waals surface area contributed by atoms with Crippen molar-refractivity contribution in [1.29, 1.82) is 0 Å². The lowest BCUT2D eigenvalue weighted by atomic mass is 9.99. The predicted octanol–water partition coefficient (Wildman–Crippen LogP) is 1.77. The van der Waals surface area contributed by atoms with E-state index in [0.29, 0.717) is 19.3 Å².